The van der Waals surface area contributed by atoms with E-state index in [4.69, 9.17) is 4.74 Å². The van der Waals surface area contributed by atoms with E-state index < -0.39 is 12.0 Å². The number of rotatable bonds is 3. The van der Waals surface area contributed by atoms with Crippen LogP contribution in [0.25, 0.3) is 0 Å². The van der Waals surface area contributed by atoms with Crippen molar-refractivity contribution in [3.05, 3.63) is 88.1 Å². The Kier molecular flexibility index (Phi) is 4.58. The molecule has 0 saturated heterocycles. The van der Waals surface area contributed by atoms with Gasteiger partial charge in [0.2, 0.25) is 0 Å². The number of methoxy groups -OCH3 is 1. The fourth-order valence-corrected chi connectivity index (χ4v) is 3.55. The molecule has 0 radical (unpaired) electrons. The van der Waals surface area contributed by atoms with Crippen molar-refractivity contribution in [2.24, 2.45) is 0 Å². The normalized spacial score (nSPS) is 15.9. The number of carbonyl (C=O) groups is 1. The fourth-order valence-electron chi connectivity index (χ4n) is 3.19. The number of benzene rings is 3. The van der Waals surface area contributed by atoms with Crippen LogP contribution < -0.4 is 15.0 Å². The lowest BCUT2D eigenvalue weighted by Gasteiger charge is -2.38. The predicted molar refractivity (Wildman–Crippen MR) is 107 cm³/mol. The van der Waals surface area contributed by atoms with Gasteiger partial charge in [0, 0.05) is 15.8 Å². The number of halogens is 2. The van der Waals surface area contributed by atoms with Crippen LogP contribution in [0.3, 0.4) is 0 Å². The van der Waals surface area contributed by atoms with Gasteiger partial charge in [-0.3, -0.25) is 9.69 Å². The molecule has 0 aliphatic carbocycles. The van der Waals surface area contributed by atoms with Crippen LogP contribution in [0, 0.1) is 5.82 Å². The van der Waals surface area contributed by atoms with Crippen molar-refractivity contribution < 1.29 is 13.9 Å². The van der Waals surface area contributed by atoms with E-state index in [1.165, 1.54) is 12.1 Å². The first-order chi connectivity index (χ1) is 13.1. The number of hydrogen-bond acceptors (Lipinski definition) is 3. The smallest absolute Gasteiger partial charge is 0.262 e. The summed E-state index contributed by atoms with van der Waals surface area (Å²) in [6, 6.07) is 19.0. The molecular weight excluding hydrogens is 411 g/mol. The molecule has 1 unspecified atom stereocenters. The van der Waals surface area contributed by atoms with Crippen molar-refractivity contribution in [3.63, 3.8) is 0 Å². The average molecular weight is 427 g/mol. The van der Waals surface area contributed by atoms with Crippen LogP contribution >= 0.6 is 15.9 Å². The number of nitrogens with zero attached hydrogens (tertiary/aromatic N) is 1. The van der Waals surface area contributed by atoms with Crippen LogP contribution in [-0.4, -0.2) is 13.0 Å². The highest BCUT2D eigenvalue weighted by atomic mass is 79.9. The average Bonchev–Trinajstić information content (AvgIpc) is 2.68. The third-order valence-corrected chi connectivity index (χ3v) is 4.99. The monoisotopic (exact) mass is 426 g/mol. The van der Waals surface area contributed by atoms with Crippen molar-refractivity contribution in [1.82, 2.24) is 0 Å². The molecule has 1 aliphatic rings. The Morgan fingerprint density at radius 2 is 1.85 bits per heavy atom. The molecule has 0 spiro atoms. The van der Waals surface area contributed by atoms with Crippen molar-refractivity contribution in [2.45, 2.75) is 6.17 Å². The van der Waals surface area contributed by atoms with Crippen LogP contribution in [0.15, 0.2) is 71.2 Å². The minimum absolute atomic E-state index is 0.198. The highest BCUT2D eigenvalue weighted by molar-refractivity contribution is 9.10. The molecule has 27 heavy (non-hydrogen) atoms. The third-order valence-electron chi connectivity index (χ3n) is 4.50. The summed E-state index contributed by atoms with van der Waals surface area (Å²) in [5.41, 5.74) is 2.61. The van der Waals surface area contributed by atoms with E-state index in [1.807, 2.05) is 36.4 Å². The first-order valence-corrected chi connectivity index (χ1v) is 9.15. The van der Waals surface area contributed by atoms with Gasteiger partial charge in [-0.1, -0.05) is 34.1 Å². The first kappa shape index (κ1) is 17.5. The molecule has 136 valence electrons. The number of anilines is 2. The van der Waals surface area contributed by atoms with Crippen molar-refractivity contribution in [1.29, 1.82) is 0 Å². The summed E-state index contributed by atoms with van der Waals surface area (Å²) in [6.45, 7) is 0. The number of ether oxygens (including phenoxy) is 1. The summed E-state index contributed by atoms with van der Waals surface area (Å²) in [5.74, 6) is 0.132. The lowest BCUT2D eigenvalue weighted by molar-refractivity contribution is 0.0975. The van der Waals surface area contributed by atoms with E-state index in [0.29, 0.717) is 11.3 Å². The van der Waals surface area contributed by atoms with E-state index in [-0.39, 0.29) is 5.91 Å². The Hall–Kier alpha value is -2.86. The van der Waals surface area contributed by atoms with E-state index in [9.17, 15) is 9.18 Å². The molecule has 0 aromatic heterocycles. The molecule has 4 nitrogen and oxygen atoms in total. The zero-order chi connectivity index (χ0) is 19.0. The zero-order valence-electron chi connectivity index (χ0n) is 14.4. The predicted octanol–water partition coefficient (Wildman–Crippen LogP) is 5.37. The Labute approximate surface area is 164 Å². The van der Waals surface area contributed by atoms with E-state index in [0.717, 1.165) is 21.5 Å². The first-order valence-electron chi connectivity index (χ1n) is 8.36. The van der Waals surface area contributed by atoms with Crippen LogP contribution in [0.5, 0.6) is 5.75 Å². The number of carbonyl (C=O) groups excluding carboxylic acids is 1. The zero-order valence-corrected chi connectivity index (χ0v) is 16.0. The molecule has 1 atom stereocenters. The maximum Gasteiger partial charge on any atom is 0.262 e. The van der Waals surface area contributed by atoms with Crippen LogP contribution in [-0.2, 0) is 0 Å². The third kappa shape index (κ3) is 3.28. The van der Waals surface area contributed by atoms with Gasteiger partial charge in [0.1, 0.15) is 17.7 Å². The molecule has 4 rings (SSSR count). The maximum absolute atomic E-state index is 13.9. The molecule has 0 fully saturated rings. The standard InChI is InChI=1S/C21H16BrFN2O2/c1-27-17-8-5-13(6-9-17)20-24-19-10-7-14(22)11-18(19)21(26)25(20)16-4-2-3-15(23)12-16/h2-12,20,24H,1H3. The van der Waals surface area contributed by atoms with Gasteiger partial charge < -0.3 is 10.1 Å². The summed E-state index contributed by atoms with van der Waals surface area (Å²) < 4.78 is 19.9. The van der Waals surface area contributed by atoms with Crippen LogP contribution in [0.2, 0.25) is 0 Å². The highest BCUT2D eigenvalue weighted by Gasteiger charge is 2.34. The summed E-state index contributed by atoms with van der Waals surface area (Å²) in [4.78, 5) is 14.9. The molecule has 1 amide bonds. The number of amides is 1. The maximum atomic E-state index is 13.9. The van der Waals surface area contributed by atoms with Gasteiger partial charge in [-0.05, 0) is 54.1 Å². The Morgan fingerprint density at radius 1 is 1.07 bits per heavy atom. The van der Waals surface area contributed by atoms with Gasteiger partial charge >= 0.3 is 0 Å². The lowest BCUT2D eigenvalue weighted by atomic mass is 10.0. The Bertz CT molecular complexity index is 1010. The molecule has 1 N–H and O–H groups in total. The molecule has 3 aromatic carbocycles. The summed E-state index contributed by atoms with van der Waals surface area (Å²) in [5, 5.41) is 3.40. The van der Waals surface area contributed by atoms with Gasteiger partial charge in [-0.25, -0.2) is 4.39 Å². The molecular formula is C21H16BrFN2O2. The largest absolute Gasteiger partial charge is 0.497 e. The summed E-state index contributed by atoms with van der Waals surface area (Å²) >= 11 is 3.41. The molecule has 6 heteroatoms. The Morgan fingerprint density at radius 3 is 2.56 bits per heavy atom. The second-order valence-electron chi connectivity index (χ2n) is 6.16. The van der Waals surface area contributed by atoms with E-state index in [2.05, 4.69) is 21.2 Å². The summed E-state index contributed by atoms with van der Waals surface area (Å²) in [6.07, 6.45) is -0.473. The molecule has 0 saturated carbocycles. The van der Waals surface area contributed by atoms with Crippen molar-refractivity contribution in [2.75, 3.05) is 17.3 Å². The SMILES string of the molecule is COc1ccc(C2Nc3ccc(Br)cc3C(=O)N2c2cccc(F)c2)cc1. The van der Waals surface area contributed by atoms with Crippen LogP contribution in [0.4, 0.5) is 15.8 Å². The second-order valence-corrected chi connectivity index (χ2v) is 7.08. The topological polar surface area (TPSA) is 41.6 Å². The van der Waals surface area contributed by atoms with Gasteiger partial charge in [0.25, 0.3) is 5.91 Å². The van der Waals surface area contributed by atoms with Gasteiger partial charge in [0.05, 0.1) is 12.7 Å². The number of nitrogens with one attached hydrogen (secondary N) is 1. The summed E-state index contributed by atoms with van der Waals surface area (Å²) in [7, 11) is 1.60. The molecule has 3 aromatic rings. The van der Waals surface area contributed by atoms with Gasteiger partial charge in [0.15, 0.2) is 0 Å². The van der Waals surface area contributed by atoms with Gasteiger partial charge in [-0.2, -0.15) is 0 Å². The molecule has 1 aliphatic heterocycles. The van der Waals surface area contributed by atoms with Crippen molar-refractivity contribution >= 4 is 33.2 Å². The highest BCUT2D eigenvalue weighted by Crippen LogP contribution is 2.38. The second kappa shape index (κ2) is 7.04. The fraction of sp³-hybridized carbons (Fsp3) is 0.0952. The number of fused-ring (bicyclic) bond motifs is 1. The van der Waals surface area contributed by atoms with Gasteiger partial charge in [-0.15, -0.1) is 0 Å². The Balaban J connectivity index is 1.85. The van der Waals surface area contributed by atoms with Crippen molar-refractivity contribution in [3.8, 4) is 5.75 Å². The van der Waals surface area contributed by atoms with Crippen LogP contribution in [0.1, 0.15) is 22.1 Å². The minimum atomic E-state index is -0.473. The number of hydrogen-bond donors (Lipinski definition) is 1. The van der Waals surface area contributed by atoms with E-state index >= 15 is 0 Å². The molecule has 0 bridgehead atoms. The minimum Gasteiger partial charge on any atom is -0.497 e. The van der Waals surface area contributed by atoms with E-state index in [1.54, 1.807) is 30.2 Å². The quantitative estimate of drug-likeness (QED) is 0.611. The molecule has 1 heterocycles. The lowest BCUT2D eigenvalue weighted by Crippen LogP contribution is -2.43.